The smallest absolute Gasteiger partial charge is 0.449 e. The molecule has 0 aliphatic heterocycles. The molecule has 0 saturated carbocycles. The summed E-state index contributed by atoms with van der Waals surface area (Å²) in [6, 6.07) is 0. The van der Waals surface area contributed by atoms with Crippen molar-refractivity contribution in [2.45, 2.75) is 0 Å². The molecule has 0 aromatic rings. The molecule has 0 fully saturated rings. The fraction of sp³-hybridized carbons (Fsp3) is 0. The Balaban J connectivity index is 0. The van der Waals surface area contributed by atoms with E-state index in [0.29, 0.717) is 0 Å². The molecule has 4 heavy (non-hydrogen) atoms. The van der Waals surface area contributed by atoms with Crippen LogP contribution < -0.4 is 25.5 Å². The lowest BCUT2D eigenvalue weighted by atomic mass is 16.0. The van der Waals surface area contributed by atoms with E-state index in [0.717, 1.165) is 0 Å². The van der Waals surface area contributed by atoms with Gasteiger partial charge >= 0.3 is 22.0 Å². The molecule has 0 saturated heterocycles. The van der Waals surface area contributed by atoms with Gasteiger partial charge in [0.15, 0.2) is 0 Å². The molecular formula is H2BrIO2. The molecule has 0 aromatic heterocycles. The van der Waals surface area contributed by atoms with Gasteiger partial charge in [0.2, 0.25) is 0 Å². The van der Waals surface area contributed by atoms with Crippen molar-refractivity contribution in [3.05, 3.63) is 0 Å². The fourth-order valence-corrected chi connectivity index (χ4v) is 0. The quantitative estimate of drug-likeness (QED) is 0.437. The third-order valence-corrected chi connectivity index (χ3v) is 0. The maximum Gasteiger partial charge on any atom is 0.449 e. The molecule has 0 aliphatic rings. The van der Waals surface area contributed by atoms with Crippen molar-refractivity contribution in [1.29, 1.82) is 0 Å². The molecule has 0 unspecified atom stereocenters. The molecule has 1 N–H and O–H groups in total. The average molecular weight is 241 g/mol. The van der Waals surface area contributed by atoms with Crippen LogP contribution in [0.2, 0.25) is 0 Å². The highest BCUT2D eigenvalue weighted by atomic mass is 127. The highest BCUT2D eigenvalue weighted by molar-refractivity contribution is 8.93. The van der Waals surface area contributed by atoms with Crippen LogP contribution in [0.5, 0.6) is 0 Å². The normalized spacial score (nSPS) is 4.50. The molecule has 0 rings (SSSR count). The lowest BCUT2D eigenvalue weighted by Gasteiger charge is -1.45. The Labute approximate surface area is 46.0 Å². The zero-order valence-electron chi connectivity index (χ0n) is 1.64. The van der Waals surface area contributed by atoms with E-state index in [1.165, 1.54) is 0 Å². The average Bonchev–Trinajstić information content (AvgIpc) is 0.918. The largest absolute Gasteiger partial charge is 0.567 e. The minimum absolute atomic E-state index is 0. The first kappa shape index (κ1) is 8.93. The van der Waals surface area contributed by atoms with Gasteiger partial charge < -0.3 is 3.44 Å². The summed E-state index contributed by atoms with van der Waals surface area (Å²) in [5.41, 5.74) is 0. The van der Waals surface area contributed by atoms with E-state index >= 15 is 0 Å². The first-order valence-electron chi connectivity index (χ1n) is 0.323. The summed E-state index contributed by atoms with van der Waals surface area (Å²) >= 11 is -1.66. The summed E-state index contributed by atoms with van der Waals surface area (Å²) in [5.74, 6) is 0. The van der Waals surface area contributed by atoms with Crippen LogP contribution >= 0.6 is 17.0 Å². The summed E-state index contributed by atoms with van der Waals surface area (Å²) in [6.45, 7) is 0. The van der Waals surface area contributed by atoms with E-state index in [1.54, 1.807) is 0 Å². The van der Waals surface area contributed by atoms with Crippen LogP contribution in [0.1, 0.15) is 0 Å². The summed E-state index contributed by atoms with van der Waals surface area (Å²) in [4.78, 5) is 0. The maximum absolute atomic E-state index is 8.60. The summed E-state index contributed by atoms with van der Waals surface area (Å²) in [6.07, 6.45) is 0. The van der Waals surface area contributed by atoms with E-state index < -0.39 is 22.0 Å². The first-order chi connectivity index (χ1) is 1.41. The summed E-state index contributed by atoms with van der Waals surface area (Å²) < 4.78 is 15.7. The number of halogens is 2. The zero-order chi connectivity index (χ0) is 2.71. The van der Waals surface area contributed by atoms with Crippen LogP contribution in [0.15, 0.2) is 0 Å². The second-order valence-electron chi connectivity index (χ2n) is 0.0690. The number of hydrogen-bond donors (Lipinski definition) is 1. The molecule has 0 atom stereocenters. The third kappa shape index (κ3) is 11.1. The van der Waals surface area contributed by atoms with E-state index in [2.05, 4.69) is 0 Å². The van der Waals surface area contributed by atoms with Crippen molar-refractivity contribution < 1.29 is 28.9 Å². The minimum atomic E-state index is -1.66. The van der Waals surface area contributed by atoms with Crippen LogP contribution in [0, 0.1) is 0 Å². The highest BCUT2D eigenvalue weighted by Gasteiger charge is 1.52. The molecule has 0 amide bonds. The minimum Gasteiger partial charge on any atom is -0.567 e. The van der Waals surface area contributed by atoms with Gasteiger partial charge in [-0.1, -0.05) is 0 Å². The Bertz CT molecular complexity index is 6.00. The molecular weight excluding hydrogens is 239 g/mol. The number of rotatable bonds is 0. The SMILES string of the molecule is Br.[O-][I+]O. The lowest BCUT2D eigenvalue weighted by molar-refractivity contribution is -1.27. The Morgan fingerprint density at radius 3 is 1.75 bits per heavy atom. The number of hydrogen-bond acceptors (Lipinski definition) is 2. The lowest BCUT2D eigenvalue weighted by Crippen LogP contribution is -3.69. The van der Waals surface area contributed by atoms with Crippen LogP contribution in [-0.2, 0) is 0 Å². The molecule has 0 radical (unpaired) electrons. The summed E-state index contributed by atoms with van der Waals surface area (Å²) in [5, 5.41) is 0. The monoisotopic (exact) mass is 240 g/mol. The Morgan fingerprint density at radius 1 is 1.75 bits per heavy atom. The third-order valence-electron chi connectivity index (χ3n) is 0. The van der Waals surface area contributed by atoms with Gasteiger partial charge in [0, 0.05) is 0 Å². The zero-order valence-corrected chi connectivity index (χ0v) is 5.51. The van der Waals surface area contributed by atoms with Gasteiger partial charge in [-0.15, -0.1) is 17.0 Å². The maximum atomic E-state index is 8.60. The van der Waals surface area contributed by atoms with Crippen molar-refractivity contribution in [1.82, 2.24) is 0 Å². The Hall–Kier alpha value is 1.13. The highest BCUT2D eigenvalue weighted by Crippen LogP contribution is 0.846. The first-order valence-corrected chi connectivity index (χ1v) is 2.17. The van der Waals surface area contributed by atoms with E-state index in [9.17, 15) is 0 Å². The van der Waals surface area contributed by atoms with Crippen LogP contribution in [0.25, 0.3) is 0 Å². The predicted octanol–water partition coefficient (Wildman–Crippen LogP) is -4.16. The molecule has 0 heterocycles. The molecule has 0 spiro atoms. The standard InChI is InChI=1S/BrH.HIO2/c;2-1-3/h1H;2H. The molecule has 2 nitrogen and oxygen atoms in total. The van der Waals surface area contributed by atoms with Gasteiger partial charge in [0.25, 0.3) is 0 Å². The molecule has 0 aliphatic carbocycles. The molecule has 0 bridgehead atoms. The van der Waals surface area contributed by atoms with Crippen LogP contribution in [0.3, 0.4) is 0 Å². The van der Waals surface area contributed by atoms with Crippen molar-refractivity contribution in [3.63, 3.8) is 0 Å². The fourth-order valence-electron chi connectivity index (χ4n) is 0. The van der Waals surface area contributed by atoms with Gasteiger partial charge in [-0.05, 0) is 0 Å². The van der Waals surface area contributed by atoms with Crippen molar-refractivity contribution in [2.75, 3.05) is 0 Å². The Morgan fingerprint density at radius 2 is 1.75 bits per heavy atom. The van der Waals surface area contributed by atoms with Crippen LogP contribution in [0.4, 0.5) is 0 Å². The molecule has 4 heteroatoms. The topological polar surface area (TPSA) is 43.3 Å². The summed E-state index contributed by atoms with van der Waals surface area (Å²) in [7, 11) is 0. The van der Waals surface area contributed by atoms with Gasteiger partial charge in [-0.2, -0.15) is 3.44 Å². The molecule has 28 valence electrons. The van der Waals surface area contributed by atoms with Gasteiger partial charge in [-0.25, -0.2) is 0 Å². The van der Waals surface area contributed by atoms with Gasteiger partial charge in [0.1, 0.15) is 0 Å². The predicted molar refractivity (Wildman–Crippen MR) is 12.5 cm³/mol. The van der Waals surface area contributed by atoms with Crippen LogP contribution in [-0.4, -0.2) is 3.44 Å². The van der Waals surface area contributed by atoms with E-state index in [1.807, 2.05) is 0 Å². The van der Waals surface area contributed by atoms with E-state index in [-0.39, 0.29) is 17.0 Å². The van der Waals surface area contributed by atoms with Crippen molar-refractivity contribution >= 4 is 17.0 Å². The van der Waals surface area contributed by atoms with Crippen molar-refractivity contribution in [2.24, 2.45) is 0 Å². The van der Waals surface area contributed by atoms with Crippen molar-refractivity contribution in [3.8, 4) is 0 Å². The second kappa shape index (κ2) is 8.92. The van der Waals surface area contributed by atoms with Gasteiger partial charge in [-0.3, -0.25) is 0 Å². The second-order valence-corrected chi connectivity index (χ2v) is 0.463. The Kier molecular flexibility index (Phi) is 19.9. The van der Waals surface area contributed by atoms with Gasteiger partial charge in [0.05, 0.1) is 0 Å². The molecule has 0 aromatic carbocycles. The van der Waals surface area contributed by atoms with E-state index in [4.69, 9.17) is 6.87 Å².